The Bertz CT molecular complexity index is 881. The van der Waals surface area contributed by atoms with Gasteiger partial charge >= 0.3 is 0 Å². The van der Waals surface area contributed by atoms with E-state index >= 15 is 0 Å². The maximum Gasteiger partial charge on any atom is 0.166 e. The van der Waals surface area contributed by atoms with Crippen molar-refractivity contribution in [2.75, 3.05) is 30.8 Å². The van der Waals surface area contributed by atoms with Crippen molar-refractivity contribution in [3.05, 3.63) is 35.6 Å². The summed E-state index contributed by atoms with van der Waals surface area (Å²) in [4.78, 5) is 8.53. The van der Waals surface area contributed by atoms with Gasteiger partial charge in [0.1, 0.15) is 17.5 Å². The minimum absolute atomic E-state index is 0.598. The zero-order valence-corrected chi connectivity index (χ0v) is 15.0. The fourth-order valence-electron chi connectivity index (χ4n) is 2.23. The number of thiocarbonyl (C=S) groups is 1. The molecule has 0 saturated heterocycles. The number of fused-ring (bicyclic) bond motifs is 1. The molecule has 3 aromatic rings. The van der Waals surface area contributed by atoms with Gasteiger partial charge in [-0.05, 0) is 30.4 Å². The number of hydrogen-bond donors (Lipinski definition) is 5. The van der Waals surface area contributed by atoms with E-state index in [2.05, 4.69) is 41.4 Å². The minimum Gasteiger partial charge on any atom is -0.366 e. The number of halogens is 1. The van der Waals surface area contributed by atoms with E-state index in [1.54, 1.807) is 7.05 Å². The summed E-state index contributed by atoms with van der Waals surface area (Å²) in [7, 11) is 1.77. The predicted molar refractivity (Wildman–Crippen MR) is 105 cm³/mol. The Morgan fingerprint density at radius 3 is 2.92 bits per heavy atom. The lowest BCUT2D eigenvalue weighted by Gasteiger charge is -2.10. The Morgan fingerprint density at radius 2 is 2.12 bits per heavy atom. The van der Waals surface area contributed by atoms with Gasteiger partial charge in [0.25, 0.3) is 0 Å². The third-order valence-corrected chi connectivity index (χ3v) is 3.96. The lowest BCUT2D eigenvalue weighted by atomic mass is 10.3. The lowest BCUT2D eigenvalue weighted by molar-refractivity contribution is 0.882. The predicted octanol–water partition coefficient (Wildman–Crippen LogP) is 2.26. The van der Waals surface area contributed by atoms with Gasteiger partial charge in [-0.15, -0.1) is 0 Å². The van der Waals surface area contributed by atoms with Crippen LogP contribution in [0.5, 0.6) is 0 Å². The smallest absolute Gasteiger partial charge is 0.166 e. The average Bonchev–Trinajstić information content (AvgIpc) is 3.03. The van der Waals surface area contributed by atoms with Crippen LogP contribution < -0.4 is 21.3 Å². The number of rotatable bonds is 6. The molecule has 0 aliphatic rings. The number of aromatic nitrogens is 4. The van der Waals surface area contributed by atoms with Crippen molar-refractivity contribution in [1.82, 2.24) is 30.8 Å². The summed E-state index contributed by atoms with van der Waals surface area (Å²) in [6.07, 6.45) is 1.48. The fourth-order valence-corrected chi connectivity index (χ4v) is 2.52. The van der Waals surface area contributed by atoms with Crippen LogP contribution in [0.15, 0.2) is 30.6 Å². The molecular formula is C15H17ClN8S. The van der Waals surface area contributed by atoms with E-state index in [0.29, 0.717) is 40.5 Å². The highest BCUT2D eigenvalue weighted by atomic mass is 35.5. The van der Waals surface area contributed by atoms with Crippen LogP contribution in [0.1, 0.15) is 0 Å². The van der Waals surface area contributed by atoms with Crippen LogP contribution in [0, 0.1) is 0 Å². The number of benzene rings is 1. The van der Waals surface area contributed by atoms with Crippen LogP contribution in [0.3, 0.4) is 0 Å². The number of nitrogens with zero attached hydrogens (tertiary/aromatic N) is 3. The standard InChI is InChI=1S/C15H17ClN8S/c1-17-15(25)19-6-5-18-13-11-12(20-8-21-14(11)24-23-13)22-10-4-2-3-9(16)7-10/h2-4,7-8H,5-6H2,1H3,(H2,17,19,25)(H3,18,20,21,22,23,24). The highest BCUT2D eigenvalue weighted by Gasteiger charge is 2.13. The van der Waals surface area contributed by atoms with Crippen molar-refractivity contribution in [1.29, 1.82) is 0 Å². The van der Waals surface area contributed by atoms with E-state index < -0.39 is 0 Å². The topological polar surface area (TPSA) is 103 Å². The van der Waals surface area contributed by atoms with Crippen LogP contribution >= 0.6 is 23.8 Å². The first kappa shape index (κ1) is 17.2. The molecule has 25 heavy (non-hydrogen) atoms. The molecule has 130 valence electrons. The number of H-pyrrole nitrogens is 1. The zero-order chi connectivity index (χ0) is 17.6. The highest BCUT2D eigenvalue weighted by Crippen LogP contribution is 2.28. The molecule has 0 atom stereocenters. The molecule has 0 aliphatic heterocycles. The maximum atomic E-state index is 6.04. The molecule has 10 heteroatoms. The van der Waals surface area contributed by atoms with Crippen molar-refractivity contribution in [3.63, 3.8) is 0 Å². The maximum absolute atomic E-state index is 6.04. The van der Waals surface area contributed by atoms with E-state index in [4.69, 9.17) is 23.8 Å². The quantitative estimate of drug-likeness (QED) is 0.330. The molecule has 2 heterocycles. The zero-order valence-electron chi connectivity index (χ0n) is 13.4. The summed E-state index contributed by atoms with van der Waals surface area (Å²) in [5.41, 5.74) is 1.47. The van der Waals surface area contributed by atoms with Crippen molar-refractivity contribution >= 4 is 57.3 Å². The first-order valence-electron chi connectivity index (χ1n) is 7.58. The van der Waals surface area contributed by atoms with Crippen molar-refractivity contribution in [2.24, 2.45) is 0 Å². The van der Waals surface area contributed by atoms with Crippen molar-refractivity contribution in [2.45, 2.75) is 0 Å². The second-order valence-corrected chi connectivity index (χ2v) is 5.93. The number of aromatic amines is 1. The molecule has 2 aromatic heterocycles. The van der Waals surface area contributed by atoms with Gasteiger partial charge in [0, 0.05) is 30.8 Å². The Balaban J connectivity index is 1.77. The summed E-state index contributed by atoms with van der Waals surface area (Å²) in [6, 6.07) is 7.42. The molecule has 0 aliphatic carbocycles. The molecule has 0 saturated carbocycles. The third-order valence-electron chi connectivity index (χ3n) is 3.38. The molecule has 0 fully saturated rings. The van der Waals surface area contributed by atoms with E-state index in [9.17, 15) is 0 Å². The second-order valence-electron chi connectivity index (χ2n) is 5.09. The molecule has 3 rings (SSSR count). The molecule has 0 radical (unpaired) electrons. The highest BCUT2D eigenvalue weighted by molar-refractivity contribution is 7.80. The number of hydrogen-bond acceptors (Lipinski definition) is 6. The van der Waals surface area contributed by atoms with E-state index in [-0.39, 0.29) is 0 Å². The summed E-state index contributed by atoms with van der Waals surface area (Å²) in [5, 5.41) is 21.6. The van der Waals surface area contributed by atoms with Gasteiger partial charge in [0.15, 0.2) is 16.6 Å². The van der Waals surface area contributed by atoms with E-state index in [1.165, 1.54) is 6.33 Å². The summed E-state index contributed by atoms with van der Waals surface area (Å²) in [5.74, 6) is 1.31. The Hall–Kier alpha value is -2.65. The Morgan fingerprint density at radius 1 is 1.24 bits per heavy atom. The Kier molecular flexibility index (Phi) is 5.46. The van der Waals surface area contributed by atoms with Gasteiger partial charge < -0.3 is 21.3 Å². The molecule has 0 unspecified atom stereocenters. The molecule has 8 nitrogen and oxygen atoms in total. The van der Waals surface area contributed by atoms with Crippen LogP contribution in [0.25, 0.3) is 11.0 Å². The molecule has 1 aromatic carbocycles. The van der Waals surface area contributed by atoms with Gasteiger partial charge in [-0.25, -0.2) is 9.97 Å². The summed E-state index contributed by atoms with van der Waals surface area (Å²) in [6.45, 7) is 1.28. The van der Waals surface area contributed by atoms with Gasteiger partial charge in [-0.3, -0.25) is 5.10 Å². The summed E-state index contributed by atoms with van der Waals surface area (Å²) < 4.78 is 0. The molecule has 0 bridgehead atoms. The first-order chi connectivity index (χ1) is 12.2. The monoisotopic (exact) mass is 376 g/mol. The average molecular weight is 377 g/mol. The van der Waals surface area contributed by atoms with E-state index in [0.717, 1.165) is 11.1 Å². The molecule has 0 amide bonds. The SMILES string of the molecule is CNC(=S)NCCNc1n[nH]c2ncnc(Nc3cccc(Cl)c3)c12. The Labute approximate surface area is 154 Å². The fraction of sp³-hybridized carbons (Fsp3) is 0.200. The number of nitrogens with one attached hydrogen (secondary N) is 5. The van der Waals surface area contributed by atoms with Gasteiger partial charge in [0.05, 0.1) is 0 Å². The van der Waals surface area contributed by atoms with Crippen LogP contribution in [0.4, 0.5) is 17.3 Å². The lowest BCUT2D eigenvalue weighted by Crippen LogP contribution is -2.35. The molecular weight excluding hydrogens is 360 g/mol. The van der Waals surface area contributed by atoms with Crippen LogP contribution in [-0.2, 0) is 0 Å². The molecule has 0 spiro atoms. The molecule has 5 N–H and O–H groups in total. The first-order valence-corrected chi connectivity index (χ1v) is 8.37. The second kappa shape index (κ2) is 7.95. The largest absolute Gasteiger partial charge is 0.366 e. The van der Waals surface area contributed by atoms with Gasteiger partial charge in [0.2, 0.25) is 0 Å². The van der Waals surface area contributed by atoms with E-state index in [1.807, 2.05) is 24.3 Å². The van der Waals surface area contributed by atoms with Crippen molar-refractivity contribution < 1.29 is 0 Å². The van der Waals surface area contributed by atoms with Crippen LogP contribution in [-0.4, -0.2) is 45.4 Å². The van der Waals surface area contributed by atoms with Crippen LogP contribution in [0.2, 0.25) is 5.02 Å². The van der Waals surface area contributed by atoms with Gasteiger partial charge in [-0.1, -0.05) is 17.7 Å². The number of anilines is 3. The minimum atomic E-state index is 0.598. The van der Waals surface area contributed by atoms with Crippen molar-refractivity contribution in [3.8, 4) is 0 Å². The van der Waals surface area contributed by atoms with Gasteiger partial charge in [-0.2, -0.15) is 5.10 Å². The normalized spacial score (nSPS) is 10.5. The third kappa shape index (κ3) is 4.25. The summed E-state index contributed by atoms with van der Waals surface area (Å²) >= 11 is 11.1.